The van der Waals surface area contributed by atoms with E-state index in [1.807, 2.05) is 6.20 Å². The number of likely N-dealkylation sites (tertiary alicyclic amines) is 1. The zero-order valence-electron chi connectivity index (χ0n) is 14.5. The Hall–Kier alpha value is -1.65. The van der Waals surface area contributed by atoms with Gasteiger partial charge in [0.05, 0.1) is 17.5 Å². The molecule has 1 aromatic carbocycles. The summed E-state index contributed by atoms with van der Waals surface area (Å²) in [5, 5.41) is 18.3. The minimum Gasteiger partial charge on any atom is -0.390 e. The topological polar surface area (TPSA) is 52.2 Å². The predicted octanol–water partition coefficient (Wildman–Crippen LogP) is 3.51. The van der Waals surface area contributed by atoms with Gasteiger partial charge in [-0.15, -0.1) is 0 Å². The number of nitrogens with zero attached hydrogens (tertiary/aromatic N) is 2. The van der Waals surface area contributed by atoms with Crippen molar-refractivity contribution in [3.63, 3.8) is 0 Å². The highest BCUT2D eigenvalue weighted by Crippen LogP contribution is 2.40. The molecule has 2 fully saturated rings. The molecule has 0 amide bonds. The molecule has 1 aliphatic heterocycles. The van der Waals surface area contributed by atoms with Crippen LogP contribution in [0.2, 0.25) is 0 Å². The Kier molecular flexibility index (Phi) is 4.19. The van der Waals surface area contributed by atoms with E-state index in [2.05, 4.69) is 46.3 Å². The van der Waals surface area contributed by atoms with E-state index in [0.29, 0.717) is 5.92 Å². The summed E-state index contributed by atoms with van der Waals surface area (Å²) >= 11 is 0. The number of rotatable bonds is 3. The minimum atomic E-state index is -0.398. The molecule has 2 aromatic rings. The Balaban J connectivity index is 1.50. The molecule has 128 valence electrons. The summed E-state index contributed by atoms with van der Waals surface area (Å²) in [4.78, 5) is 2.49. The van der Waals surface area contributed by atoms with Crippen molar-refractivity contribution in [3.8, 4) is 11.3 Å². The fourth-order valence-corrected chi connectivity index (χ4v) is 4.51. The van der Waals surface area contributed by atoms with Crippen LogP contribution in [0.5, 0.6) is 0 Å². The van der Waals surface area contributed by atoms with Gasteiger partial charge in [-0.05, 0) is 32.3 Å². The second-order valence-corrected chi connectivity index (χ2v) is 7.67. The number of H-pyrrole nitrogens is 1. The summed E-state index contributed by atoms with van der Waals surface area (Å²) in [5.74, 6) is 0.439. The van der Waals surface area contributed by atoms with Crippen molar-refractivity contribution in [2.75, 3.05) is 13.1 Å². The average Bonchev–Trinajstić information content (AvgIpc) is 3.03. The van der Waals surface area contributed by atoms with Gasteiger partial charge in [-0.1, -0.05) is 36.6 Å². The average molecular weight is 325 g/mol. The van der Waals surface area contributed by atoms with Gasteiger partial charge in [0.15, 0.2) is 0 Å². The van der Waals surface area contributed by atoms with Crippen molar-refractivity contribution in [1.82, 2.24) is 15.1 Å². The fourth-order valence-electron chi connectivity index (χ4n) is 4.51. The van der Waals surface area contributed by atoms with E-state index >= 15 is 0 Å². The van der Waals surface area contributed by atoms with Crippen molar-refractivity contribution in [3.05, 3.63) is 41.6 Å². The number of piperidine rings is 1. The van der Waals surface area contributed by atoms with Gasteiger partial charge in [-0.3, -0.25) is 10.00 Å². The highest BCUT2D eigenvalue weighted by molar-refractivity contribution is 5.63. The minimum absolute atomic E-state index is 0.398. The van der Waals surface area contributed by atoms with Crippen LogP contribution in [0.1, 0.15) is 43.2 Å². The summed E-state index contributed by atoms with van der Waals surface area (Å²) < 4.78 is 0. The number of aryl methyl sites for hydroxylation is 1. The monoisotopic (exact) mass is 325 g/mol. The molecule has 1 saturated carbocycles. The maximum Gasteiger partial charge on any atom is 0.0700 e. The Morgan fingerprint density at radius 1 is 1.33 bits per heavy atom. The van der Waals surface area contributed by atoms with Gasteiger partial charge in [-0.2, -0.15) is 5.10 Å². The highest BCUT2D eigenvalue weighted by Gasteiger charge is 2.42. The quantitative estimate of drug-likeness (QED) is 0.908. The van der Waals surface area contributed by atoms with Crippen molar-refractivity contribution >= 4 is 0 Å². The van der Waals surface area contributed by atoms with E-state index in [-0.39, 0.29) is 0 Å². The van der Waals surface area contributed by atoms with Gasteiger partial charge in [0.1, 0.15) is 0 Å². The number of hydrogen-bond donors (Lipinski definition) is 2. The summed E-state index contributed by atoms with van der Waals surface area (Å²) in [6.45, 7) is 5.01. The third-order valence-electron chi connectivity index (χ3n) is 5.93. The fraction of sp³-hybridized carbons (Fsp3) is 0.550. The number of nitrogens with one attached hydrogen (secondary N) is 1. The number of aromatic nitrogens is 2. The van der Waals surface area contributed by atoms with E-state index in [4.69, 9.17) is 0 Å². The van der Waals surface area contributed by atoms with Crippen molar-refractivity contribution in [2.45, 2.75) is 51.2 Å². The van der Waals surface area contributed by atoms with Gasteiger partial charge in [-0.25, -0.2) is 0 Å². The molecule has 0 spiro atoms. The van der Waals surface area contributed by atoms with E-state index in [0.717, 1.165) is 38.2 Å². The summed E-state index contributed by atoms with van der Waals surface area (Å²) in [6.07, 6.45) is 7.48. The molecule has 2 N–H and O–H groups in total. The van der Waals surface area contributed by atoms with Crippen LogP contribution in [0.15, 0.2) is 30.5 Å². The SMILES string of the molecule is Cc1cccc(-c2[nH]ncc2CN2CCC3(O)CCCCC3C2)c1. The standard InChI is InChI=1S/C20H27N3O/c1-15-5-4-6-16(11-15)19-17(12-21-22-19)13-23-10-9-20(24)8-3-2-7-18(20)14-23/h4-6,11-12,18,24H,2-3,7-10,13-14H2,1H3,(H,21,22). The van der Waals surface area contributed by atoms with E-state index in [1.165, 1.54) is 36.0 Å². The van der Waals surface area contributed by atoms with Crippen molar-refractivity contribution in [1.29, 1.82) is 0 Å². The molecule has 4 heteroatoms. The molecule has 1 aromatic heterocycles. The number of hydrogen-bond acceptors (Lipinski definition) is 3. The Morgan fingerprint density at radius 3 is 3.12 bits per heavy atom. The van der Waals surface area contributed by atoms with Crippen LogP contribution < -0.4 is 0 Å². The molecule has 2 atom stereocenters. The van der Waals surface area contributed by atoms with Crippen molar-refractivity contribution in [2.24, 2.45) is 5.92 Å². The largest absolute Gasteiger partial charge is 0.390 e. The first-order chi connectivity index (χ1) is 11.6. The lowest BCUT2D eigenvalue weighted by atomic mass is 9.71. The molecule has 4 nitrogen and oxygen atoms in total. The molecule has 24 heavy (non-hydrogen) atoms. The highest BCUT2D eigenvalue weighted by atomic mass is 16.3. The Bertz CT molecular complexity index is 710. The maximum absolute atomic E-state index is 10.9. The van der Waals surface area contributed by atoms with E-state index in [1.54, 1.807) is 0 Å². The molecule has 1 aliphatic carbocycles. The summed E-state index contributed by atoms with van der Waals surface area (Å²) in [7, 11) is 0. The number of fused-ring (bicyclic) bond motifs is 1. The van der Waals surface area contributed by atoms with Gasteiger partial charge < -0.3 is 5.11 Å². The van der Waals surface area contributed by atoms with Crippen LogP contribution >= 0.6 is 0 Å². The molecule has 0 radical (unpaired) electrons. The smallest absolute Gasteiger partial charge is 0.0700 e. The van der Waals surface area contributed by atoms with Gasteiger partial charge in [0.25, 0.3) is 0 Å². The van der Waals surface area contributed by atoms with Gasteiger partial charge in [0, 0.05) is 36.7 Å². The number of benzene rings is 1. The van der Waals surface area contributed by atoms with Gasteiger partial charge >= 0.3 is 0 Å². The summed E-state index contributed by atoms with van der Waals surface area (Å²) in [6, 6.07) is 8.56. The number of aliphatic hydroxyl groups is 1. The molecular weight excluding hydrogens is 298 g/mol. The predicted molar refractivity (Wildman–Crippen MR) is 95.6 cm³/mol. The molecule has 1 saturated heterocycles. The molecule has 2 unspecified atom stereocenters. The van der Waals surface area contributed by atoms with Crippen LogP contribution in [0.4, 0.5) is 0 Å². The van der Waals surface area contributed by atoms with Crippen LogP contribution in [0.3, 0.4) is 0 Å². The maximum atomic E-state index is 10.9. The van der Waals surface area contributed by atoms with Gasteiger partial charge in [0.2, 0.25) is 0 Å². The third kappa shape index (κ3) is 3.01. The Morgan fingerprint density at radius 2 is 2.25 bits per heavy atom. The van der Waals surface area contributed by atoms with E-state index in [9.17, 15) is 5.11 Å². The third-order valence-corrected chi connectivity index (χ3v) is 5.93. The van der Waals surface area contributed by atoms with Crippen molar-refractivity contribution < 1.29 is 5.11 Å². The molecular formula is C20H27N3O. The lowest BCUT2D eigenvalue weighted by Crippen LogP contribution is -2.52. The lowest BCUT2D eigenvalue weighted by molar-refractivity contribution is -0.0967. The second-order valence-electron chi connectivity index (χ2n) is 7.67. The zero-order chi connectivity index (χ0) is 16.6. The molecule has 2 aliphatic rings. The lowest BCUT2D eigenvalue weighted by Gasteiger charge is -2.47. The second kappa shape index (κ2) is 6.34. The zero-order valence-corrected chi connectivity index (χ0v) is 14.5. The first-order valence-corrected chi connectivity index (χ1v) is 9.18. The van der Waals surface area contributed by atoms with E-state index < -0.39 is 5.60 Å². The first-order valence-electron chi connectivity index (χ1n) is 9.18. The molecule has 2 heterocycles. The van der Waals surface area contributed by atoms with Crippen LogP contribution in [0, 0.1) is 12.8 Å². The Labute approximate surface area is 143 Å². The molecule has 4 rings (SSSR count). The van der Waals surface area contributed by atoms with Crippen LogP contribution in [-0.2, 0) is 6.54 Å². The molecule has 0 bridgehead atoms. The first kappa shape index (κ1) is 15.9. The van der Waals surface area contributed by atoms with Crippen LogP contribution in [-0.4, -0.2) is 38.9 Å². The normalized spacial score (nSPS) is 27.8. The van der Waals surface area contributed by atoms with Crippen LogP contribution in [0.25, 0.3) is 11.3 Å². The number of aromatic amines is 1. The summed E-state index contributed by atoms with van der Waals surface area (Å²) in [5.41, 5.74) is 4.45.